The number of nitrogens with one attached hydrogen (secondary N) is 1. The van der Waals surface area contributed by atoms with Crippen LogP contribution in [0.2, 0.25) is 10.0 Å². The number of rotatable bonds is 0. The summed E-state index contributed by atoms with van der Waals surface area (Å²) in [6.07, 6.45) is 0.247. The lowest BCUT2D eigenvalue weighted by molar-refractivity contribution is -0.115. The van der Waals surface area contributed by atoms with Crippen LogP contribution in [0.5, 0.6) is 0 Å². The van der Waals surface area contributed by atoms with Crippen molar-refractivity contribution < 1.29 is 9.00 Å². The molecule has 0 aliphatic carbocycles. The predicted molar refractivity (Wildman–Crippen MR) is 61.0 cm³/mol. The average Bonchev–Trinajstić information content (AvgIpc) is 2.30. The van der Waals surface area contributed by atoms with E-state index in [1.165, 1.54) is 6.07 Å². The Kier molecular flexibility index (Phi) is 3.00. The molecule has 15 heavy (non-hydrogen) atoms. The van der Waals surface area contributed by atoms with Crippen LogP contribution in [-0.4, -0.2) is 15.9 Å². The van der Waals surface area contributed by atoms with Crippen LogP contribution >= 0.6 is 23.2 Å². The van der Waals surface area contributed by atoms with Crippen LogP contribution in [-0.2, 0) is 15.6 Å². The number of hydrogen-bond donors (Lipinski definition) is 1. The normalized spacial score (nSPS) is 20.4. The SMILES string of the molecule is O=C1CCS(=O)c2cc(Cl)c(Cl)cc2N1. The lowest BCUT2D eigenvalue weighted by atomic mass is 10.3. The van der Waals surface area contributed by atoms with Crippen LogP contribution in [0.15, 0.2) is 17.0 Å². The average molecular weight is 264 g/mol. The van der Waals surface area contributed by atoms with Gasteiger partial charge in [0, 0.05) is 12.2 Å². The second-order valence-electron chi connectivity index (χ2n) is 3.11. The summed E-state index contributed by atoms with van der Waals surface area (Å²) < 4.78 is 11.7. The van der Waals surface area contributed by atoms with Gasteiger partial charge in [-0.15, -0.1) is 0 Å². The summed E-state index contributed by atoms with van der Waals surface area (Å²) in [7, 11) is -1.20. The van der Waals surface area contributed by atoms with Gasteiger partial charge >= 0.3 is 0 Å². The smallest absolute Gasteiger partial charge is 0.225 e. The lowest BCUT2D eigenvalue weighted by Gasteiger charge is -2.07. The van der Waals surface area contributed by atoms with E-state index in [2.05, 4.69) is 5.32 Å². The third-order valence-electron chi connectivity index (χ3n) is 2.06. The maximum Gasteiger partial charge on any atom is 0.225 e. The predicted octanol–water partition coefficient (Wildman–Crippen LogP) is 2.44. The lowest BCUT2D eigenvalue weighted by Crippen LogP contribution is -2.10. The molecule has 0 aromatic heterocycles. The maximum atomic E-state index is 11.7. The van der Waals surface area contributed by atoms with Gasteiger partial charge in [0.2, 0.25) is 5.91 Å². The Morgan fingerprint density at radius 3 is 2.67 bits per heavy atom. The van der Waals surface area contributed by atoms with Gasteiger partial charge in [0.05, 0.1) is 31.4 Å². The van der Waals surface area contributed by atoms with E-state index in [4.69, 9.17) is 23.2 Å². The molecule has 80 valence electrons. The minimum absolute atomic E-state index is 0.152. The standard InChI is InChI=1S/C9H7Cl2NO2S/c10-5-3-7-8(4-6(5)11)15(14)2-1-9(13)12-7/h3-4H,1-2H2,(H,12,13). The molecule has 2 rings (SSSR count). The number of carbonyl (C=O) groups is 1. The Bertz CT molecular complexity index is 462. The molecular weight excluding hydrogens is 257 g/mol. The summed E-state index contributed by atoms with van der Waals surface area (Å²) in [4.78, 5) is 11.8. The summed E-state index contributed by atoms with van der Waals surface area (Å²) >= 11 is 11.6. The number of benzene rings is 1. The van der Waals surface area contributed by atoms with Gasteiger partial charge in [0.1, 0.15) is 0 Å². The molecule has 1 aromatic rings. The first-order valence-corrected chi connectivity index (χ1v) is 6.32. The highest BCUT2D eigenvalue weighted by atomic mass is 35.5. The quantitative estimate of drug-likeness (QED) is 0.782. The highest BCUT2D eigenvalue weighted by molar-refractivity contribution is 7.85. The van der Waals surface area contributed by atoms with Crippen molar-refractivity contribution in [2.75, 3.05) is 11.1 Å². The van der Waals surface area contributed by atoms with Crippen molar-refractivity contribution in [3.05, 3.63) is 22.2 Å². The molecule has 1 amide bonds. The van der Waals surface area contributed by atoms with Crippen LogP contribution in [0.1, 0.15) is 6.42 Å². The van der Waals surface area contributed by atoms with E-state index < -0.39 is 10.8 Å². The van der Waals surface area contributed by atoms with Crippen LogP contribution in [0, 0.1) is 0 Å². The third-order valence-corrected chi connectivity index (χ3v) is 4.18. The van der Waals surface area contributed by atoms with Gasteiger partial charge in [0.25, 0.3) is 0 Å². The largest absolute Gasteiger partial charge is 0.325 e. The zero-order chi connectivity index (χ0) is 11.0. The summed E-state index contributed by atoms with van der Waals surface area (Å²) in [6, 6.07) is 3.07. The van der Waals surface area contributed by atoms with Crippen LogP contribution in [0.25, 0.3) is 0 Å². The number of halogens is 2. The molecule has 0 saturated heterocycles. The zero-order valence-corrected chi connectivity index (χ0v) is 9.88. The van der Waals surface area contributed by atoms with Gasteiger partial charge in [-0.05, 0) is 12.1 Å². The summed E-state index contributed by atoms with van der Waals surface area (Å²) in [5.74, 6) is 0.164. The van der Waals surface area contributed by atoms with E-state index in [1.54, 1.807) is 6.07 Å². The molecule has 0 bridgehead atoms. The van der Waals surface area contributed by atoms with Gasteiger partial charge in [-0.2, -0.15) is 0 Å². The first-order valence-electron chi connectivity index (χ1n) is 4.25. The van der Waals surface area contributed by atoms with Crippen molar-refractivity contribution in [3.63, 3.8) is 0 Å². The van der Waals surface area contributed by atoms with Crippen molar-refractivity contribution in [1.29, 1.82) is 0 Å². The number of carbonyl (C=O) groups excluding carboxylic acids is 1. The molecule has 0 fully saturated rings. The molecule has 1 aliphatic rings. The van der Waals surface area contributed by atoms with Gasteiger partial charge in [0.15, 0.2) is 0 Å². The molecule has 0 saturated carbocycles. The minimum Gasteiger partial charge on any atom is -0.325 e. The molecule has 1 aromatic carbocycles. The molecule has 1 N–H and O–H groups in total. The molecule has 6 heteroatoms. The second-order valence-corrected chi connectivity index (χ2v) is 5.46. The molecule has 1 aliphatic heterocycles. The van der Waals surface area contributed by atoms with E-state index in [1.807, 2.05) is 0 Å². The molecule has 3 nitrogen and oxygen atoms in total. The molecule has 1 atom stereocenters. The van der Waals surface area contributed by atoms with E-state index in [-0.39, 0.29) is 12.3 Å². The summed E-state index contributed by atoms with van der Waals surface area (Å²) in [6.45, 7) is 0. The Labute approximate surface area is 99.2 Å². The topological polar surface area (TPSA) is 46.2 Å². The fourth-order valence-electron chi connectivity index (χ4n) is 1.32. The summed E-state index contributed by atoms with van der Waals surface area (Å²) in [5.41, 5.74) is 0.491. The Morgan fingerprint density at radius 2 is 1.93 bits per heavy atom. The minimum atomic E-state index is -1.20. The monoisotopic (exact) mass is 263 g/mol. The number of fused-ring (bicyclic) bond motifs is 1. The van der Waals surface area contributed by atoms with Crippen LogP contribution < -0.4 is 5.32 Å². The Balaban J connectivity index is 2.57. The van der Waals surface area contributed by atoms with E-state index in [0.717, 1.165) is 0 Å². The molecule has 0 spiro atoms. The van der Waals surface area contributed by atoms with Gasteiger partial charge in [-0.3, -0.25) is 9.00 Å². The van der Waals surface area contributed by atoms with Crippen molar-refractivity contribution in [2.45, 2.75) is 11.3 Å². The van der Waals surface area contributed by atoms with Crippen molar-refractivity contribution >= 4 is 45.6 Å². The maximum absolute atomic E-state index is 11.7. The molecule has 1 unspecified atom stereocenters. The van der Waals surface area contributed by atoms with E-state index >= 15 is 0 Å². The first-order chi connectivity index (χ1) is 7.08. The molecular formula is C9H7Cl2NO2S. The van der Waals surface area contributed by atoms with E-state index in [0.29, 0.717) is 26.4 Å². The highest BCUT2D eigenvalue weighted by Gasteiger charge is 2.19. The third kappa shape index (κ3) is 2.17. The number of hydrogen-bond acceptors (Lipinski definition) is 2. The first kappa shape index (κ1) is 10.9. The van der Waals surface area contributed by atoms with Crippen LogP contribution in [0.4, 0.5) is 5.69 Å². The highest BCUT2D eigenvalue weighted by Crippen LogP contribution is 2.32. The number of amides is 1. The molecule has 1 heterocycles. The van der Waals surface area contributed by atoms with Crippen molar-refractivity contribution in [1.82, 2.24) is 0 Å². The fourth-order valence-corrected chi connectivity index (χ4v) is 2.91. The fraction of sp³-hybridized carbons (Fsp3) is 0.222. The van der Waals surface area contributed by atoms with Gasteiger partial charge < -0.3 is 5.32 Å². The van der Waals surface area contributed by atoms with Crippen molar-refractivity contribution in [2.24, 2.45) is 0 Å². The Morgan fingerprint density at radius 1 is 1.27 bits per heavy atom. The number of anilines is 1. The van der Waals surface area contributed by atoms with E-state index in [9.17, 15) is 9.00 Å². The Hall–Kier alpha value is -0.580. The van der Waals surface area contributed by atoms with Gasteiger partial charge in [-0.25, -0.2) is 0 Å². The molecule has 0 radical (unpaired) electrons. The van der Waals surface area contributed by atoms with Crippen molar-refractivity contribution in [3.8, 4) is 0 Å². The summed E-state index contributed by atoms with van der Waals surface area (Å²) in [5, 5.41) is 3.34. The van der Waals surface area contributed by atoms with Crippen LogP contribution in [0.3, 0.4) is 0 Å². The van der Waals surface area contributed by atoms with Gasteiger partial charge in [-0.1, -0.05) is 23.2 Å². The zero-order valence-electron chi connectivity index (χ0n) is 7.55. The second kappa shape index (κ2) is 4.12.